The van der Waals surface area contributed by atoms with E-state index < -0.39 is 0 Å². The van der Waals surface area contributed by atoms with E-state index in [2.05, 4.69) is 24.3 Å². The van der Waals surface area contributed by atoms with Gasteiger partial charge in [0.15, 0.2) is 5.78 Å². The standard InChI is InChI=1S/C18H18O/c1-15(18(19)17-13-6-3-7-14-17)9-8-12-16-10-4-2-5-11-16/h2-8,10-15H,9H2,1H3. The Balaban J connectivity index is 1.93. The Labute approximate surface area is 114 Å². The molecule has 0 amide bonds. The molecule has 2 aromatic rings. The number of carbonyl (C=O) groups is 1. The van der Waals surface area contributed by atoms with Crippen LogP contribution in [0.25, 0.3) is 6.08 Å². The Morgan fingerprint density at radius 3 is 2.21 bits per heavy atom. The fourth-order valence-electron chi connectivity index (χ4n) is 1.97. The van der Waals surface area contributed by atoms with Crippen molar-refractivity contribution in [2.75, 3.05) is 0 Å². The first kappa shape index (κ1) is 13.3. The topological polar surface area (TPSA) is 17.1 Å². The van der Waals surface area contributed by atoms with Crippen molar-refractivity contribution in [2.45, 2.75) is 13.3 Å². The Bertz CT molecular complexity index is 540. The highest BCUT2D eigenvalue weighted by molar-refractivity contribution is 5.97. The van der Waals surface area contributed by atoms with Crippen molar-refractivity contribution < 1.29 is 4.79 Å². The van der Waals surface area contributed by atoms with Gasteiger partial charge in [-0.25, -0.2) is 0 Å². The minimum absolute atomic E-state index is 0.0161. The summed E-state index contributed by atoms with van der Waals surface area (Å²) in [5.41, 5.74) is 1.96. The molecule has 0 aliphatic carbocycles. The second-order valence-electron chi connectivity index (χ2n) is 4.68. The molecule has 96 valence electrons. The first-order chi connectivity index (χ1) is 9.27. The molecule has 0 aromatic heterocycles. The van der Waals surface area contributed by atoms with E-state index in [1.807, 2.05) is 55.5 Å². The third kappa shape index (κ3) is 3.92. The first-order valence-corrected chi connectivity index (χ1v) is 6.58. The third-order valence-electron chi connectivity index (χ3n) is 3.11. The van der Waals surface area contributed by atoms with E-state index in [1.54, 1.807) is 0 Å². The zero-order valence-corrected chi connectivity index (χ0v) is 11.1. The zero-order chi connectivity index (χ0) is 13.5. The van der Waals surface area contributed by atoms with Crippen LogP contribution in [-0.2, 0) is 0 Å². The maximum absolute atomic E-state index is 12.2. The summed E-state index contributed by atoms with van der Waals surface area (Å²) in [6, 6.07) is 19.6. The lowest BCUT2D eigenvalue weighted by molar-refractivity contribution is 0.0931. The van der Waals surface area contributed by atoms with Crippen LogP contribution in [0.3, 0.4) is 0 Å². The van der Waals surface area contributed by atoms with Gasteiger partial charge in [0.2, 0.25) is 0 Å². The van der Waals surface area contributed by atoms with Crippen molar-refractivity contribution >= 4 is 11.9 Å². The van der Waals surface area contributed by atoms with E-state index in [0.29, 0.717) is 0 Å². The van der Waals surface area contributed by atoms with Crippen LogP contribution in [-0.4, -0.2) is 5.78 Å². The lowest BCUT2D eigenvalue weighted by Gasteiger charge is -2.07. The van der Waals surface area contributed by atoms with Gasteiger partial charge in [-0.05, 0) is 12.0 Å². The Kier molecular flexibility index (Phi) is 4.68. The maximum atomic E-state index is 12.2. The molecular formula is C18H18O. The van der Waals surface area contributed by atoms with Crippen LogP contribution >= 0.6 is 0 Å². The summed E-state index contributed by atoms with van der Waals surface area (Å²) in [6.07, 6.45) is 4.90. The molecule has 2 aromatic carbocycles. The van der Waals surface area contributed by atoms with Crippen LogP contribution in [0.5, 0.6) is 0 Å². The fourth-order valence-corrected chi connectivity index (χ4v) is 1.97. The number of carbonyl (C=O) groups excluding carboxylic acids is 1. The fraction of sp³-hybridized carbons (Fsp3) is 0.167. The number of allylic oxidation sites excluding steroid dienone is 1. The molecule has 0 saturated heterocycles. The lowest BCUT2D eigenvalue weighted by atomic mass is 9.96. The number of Topliss-reactive ketones (excluding diaryl/α,β-unsaturated/α-hetero) is 1. The van der Waals surface area contributed by atoms with E-state index >= 15 is 0 Å². The molecule has 0 N–H and O–H groups in total. The minimum atomic E-state index is 0.0161. The summed E-state index contributed by atoms with van der Waals surface area (Å²) in [5.74, 6) is 0.223. The minimum Gasteiger partial charge on any atom is -0.294 e. The molecular weight excluding hydrogens is 232 g/mol. The van der Waals surface area contributed by atoms with Crippen LogP contribution < -0.4 is 0 Å². The highest BCUT2D eigenvalue weighted by Crippen LogP contribution is 2.13. The summed E-state index contributed by atoms with van der Waals surface area (Å²) in [4.78, 5) is 12.2. The summed E-state index contributed by atoms with van der Waals surface area (Å²) in [7, 11) is 0. The van der Waals surface area contributed by atoms with E-state index in [-0.39, 0.29) is 11.7 Å². The quantitative estimate of drug-likeness (QED) is 0.708. The molecule has 0 fully saturated rings. The van der Waals surface area contributed by atoms with Gasteiger partial charge in [-0.15, -0.1) is 0 Å². The average molecular weight is 250 g/mol. The molecule has 0 spiro atoms. The summed E-state index contributed by atoms with van der Waals surface area (Å²) in [5, 5.41) is 0. The Hall–Kier alpha value is -2.15. The van der Waals surface area contributed by atoms with E-state index in [9.17, 15) is 4.79 Å². The van der Waals surface area contributed by atoms with Gasteiger partial charge in [0.25, 0.3) is 0 Å². The van der Waals surface area contributed by atoms with Crippen molar-refractivity contribution in [1.82, 2.24) is 0 Å². The number of benzene rings is 2. The van der Waals surface area contributed by atoms with Gasteiger partial charge in [-0.2, -0.15) is 0 Å². The van der Waals surface area contributed by atoms with Crippen molar-refractivity contribution in [3.8, 4) is 0 Å². The molecule has 1 atom stereocenters. The van der Waals surface area contributed by atoms with Crippen molar-refractivity contribution in [3.63, 3.8) is 0 Å². The van der Waals surface area contributed by atoms with Crippen LogP contribution in [0.2, 0.25) is 0 Å². The molecule has 0 aliphatic heterocycles. The maximum Gasteiger partial charge on any atom is 0.165 e. The summed E-state index contributed by atoms with van der Waals surface area (Å²) < 4.78 is 0. The highest BCUT2D eigenvalue weighted by atomic mass is 16.1. The second kappa shape index (κ2) is 6.69. The Morgan fingerprint density at radius 2 is 1.58 bits per heavy atom. The van der Waals surface area contributed by atoms with Crippen LogP contribution in [0.4, 0.5) is 0 Å². The number of rotatable bonds is 5. The van der Waals surface area contributed by atoms with Gasteiger partial charge in [-0.1, -0.05) is 79.7 Å². The normalized spacial score (nSPS) is 12.5. The molecule has 1 heteroatoms. The second-order valence-corrected chi connectivity index (χ2v) is 4.68. The van der Waals surface area contributed by atoms with Crippen molar-refractivity contribution in [2.24, 2.45) is 5.92 Å². The molecule has 1 unspecified atom stereocenters. The molecule has 2 rings (SSSR count). The summed E-state index contributed by atoms with van der Waals surface area (Å²) in [6.45, 7) is 1.98. The number of hydrogen-bond donors (Lipinski definition) is 0. The number of ketones is 1. The van der Waals surface area contributed by atoms with E-state index in [1.165, 1.54) is 5.56 Å². The first-order valence-electron chi connectivity index (χ1n) is 6.58. The smallest absolute Gasteiger partial charge is 0.165 e. The molecule has 0 radical (unpaired) electrons. The average Bonchev–Trinajstić information content (AvgIpc) is 2.48. The van der Waals surface area contributed by atoms with Gasteiger partial charge >= 0.3 is 0 Å². The van der Waals surface area contributed by atoms with Crippen molar-refractivity contribution in [1.29, 1.82) is 0 Å². The van der Waals surface area contributed by atoms with Crippen molar-refractivity contribution in [3.05, 3.63) is 77.9 Å². The SMILES string of the molecule is CC(CC=Cc1ccccc1)C(=O)c1ccccc1. The van der Waals surface area contributed by atoms with Gasteiger partial charge in [-0.3, -0.25) is 4.79 Å². The molecule has 1 nitrogen and oxygen atoms in total. The summed E-state index contributed by atoms with van der Waals surface area (Å²) >= 11 is 0. The highest BCUT2D eigenvalue weighted by Gasteiger charge is 2.12. The van der Waals surface area contributed by atoms with Gasteiger partial charge < -0.3 is 0 Å². The predicted octanol–water partition coefficient (Wildman–Crippen LogP) is 4.61. The van der Waals surface area contributed by atoms with E-state index in [4.69, 9.17) is 0 Å². The third-order valence-corrected chi connectivity index (χ3v) is 3.11. The van der Waals surface area contributed by atoms with Gasteiger partial charge in [0.05, 0.1) is 0 Å². The van der Waals surface area contributed by atoms with Crippen LogP contribution in [0.1, 0.15) is 29.3 Å². The Morgan fingerprint density at radius 1 is 1.00 bits per heavy atom. The number of hydrogen-bond acceptors (Lipinski definition) is 1. The molecule has 19 heavy (non-hydrogen) atoms. The zero-order valence-electron chi connectivity index (χ0n) is 11.1. The predicted molar refractivity (Wildman–Crippen MR) is 80.0 cm³/mol. The molecule has 0 heterocycles. The van der Waals surface area contributed by atoms with Gasteiger partial charge in [0, 0.05) is 11.5 Å². The molecule has 0 bridgehead atoms. The monoisotopic (exact) mass is 250 g/mol. The van der Waals surface area contributed by atoms with Crippen LogP contribution in [0.15, 0.2) is 66.7 Å². The van der Waals surface area contributed by atoms with E-state index in [0.717, 1.165) is 12.0 Å². The van der Waals surface area contributed by atoms with Gasteiger partial charge in [0.1, 0.15) is 0 Å². The largest absolute Gasteiger partial charge is 0.294 e. The lowest BCUT2D eigenvalue weighted by Crippen LogP contribution is -2.10. The molecule has 0 aliphatic rings. The molecule has 0 saturated carbocycles. The van der Waals surface area contributed by atoms with Crippen LogP contribution in [0, 0.1) is 5.92 Å².